The lowest BCUT2D eigenvalue weighted by atomic mass is 9.86. The van der Waals surface area contributed by atoms with Gasteiger partial charge in [0.2, 0.25) is 0 Å². The van der Waals surface area contributed by atoms with Crippen molar-refractivity contribution in [3.63, 3.8) is 0 Å². The van der Waals surface area contributed by atoms with Crippen molar-refractivity contribution in [3.05, 3.63) is 35.5 Å². The quantitative estimate of drug-likeness (QED) is 0.787. The van der Waals surface area contributed by atoms with Gasteiger partial charge in [0.15, 0.2) is 5.69 Å². The van der Waals surface area contributed by atoms with Gasteiger partial charge in [-0.25, -0.2) is 9.78 Å². The second-order valence-corrected chi connectivity index (χ2v) is 5.68. The SMILES string of the molecule is COC(=O)c1cc(OC)c2cc(C(C)(C)C)ccc2n1. The van der Waals surface area contributed by atoms with Gasteiger partial charge in [-0.2, -0.15) is 0 Å². The van der Waals surface area contributed by atoms with Crippen LogP contribution in [-0.4, -0.2) is 25.2 Å². The van der Waals surface area contributed by atoms with Gasteiger partial charge in [-0.3, -0.25) is 0 Å². The fourth-order valence-corrected chi connectivity index (χ4v) is 2.04. The average molecular weight is 273 g/mol. The van der Waals surface area contributed by atoms with E-state index in [0.29, 0.717) is 5.75 Å². The van der Waals surface area contributed by atoms with Gasteiger partial charge >= 0.3 is 5.97 Å². The van der Waals surface area contributed by atoms with Gasteiger partial charge < -0.3 is 9.47 Å². The lowest BCUT2D eigenvalue weighted by Crippen LogP contribution is -2.11. The Balaban J connectivity index is 2.68. The molecular formula is C16H19NO3. The highest BCUT2D eigenvalue weighted by Crippen LogP contribution is 2.31. The molecule has 0 unspecified atom stereocenters. The summed E-state index contributed by atoms with van der Waals surface area (Å²) in [4.78, 5) is 15.9. The fourth-order valence-electron chi connectivity index (χ4n) is 2.04. The predicted octanol–water partition coefficient (Wildman–Crippen LogP) is 3.33. The van der Waals surface area contributed by atoms with Crippen LogP contribution in [0.2, 0.25) is 0 Å². The van der Waals surface area contributed by atoms with Gasteiger partial charge in [-0.1, -0.05) is 26.8 Å². The molecule has 0 aliphatic carbocycles. The molecule has 0 bridgehead atoms. The van der Waals surface area contributed by atoms with Crippen LogP contribution in [0.25, 0.3) is 10.9 Å². The van der Waals surface area contributed by atoms with E-state index in [-0.39, 0.29) is 11.1 Å². The summed E-state index contributed by atoms with van der Waals surface area (Å²) in [6, 6.07) is 7.60. The molecule has 1 aromatic carbocycles. The first-order valence-corrected chi connectivity index (χ1v) is 6.44. The van der Waals surface area contributed by atoms with E-state index in [2.05, 4.69) is 31.8 Å². The number of fused-ring (bicyclic) bond motifs is 1. The lowest BCUT2D eigenvalue weighted by molar-refractivity contribution is 0.0594. The topological polar surface area (TPSA) is 48.4 Å². The number of ether oxygens (including phenoxy) is 2. The maximum absolute atomic E-state index is 11.6. The lowest BCUT2D eigenvalue weighted by Gasteiger charge is -2.20. The van der Waals surface area contributed by atoms with Crippen molar-refractivity contribution in [1.29, 1.82) is 0 Å². The number of esters is 1. The highest BCUT2D eigenvalue weighted by Gasteiger charge is 2.17. The molecule has 0 saturated heterocycles. The van der Waals surface area contributed by atoms with E-state index < -0.39 is 5.97 Å². The third-order valence-corrected chi connectivity index (χ3v) is 3.25. The minimum atomic E-state index is -0.468. The molecule has 20 heavy (non-hydrogen) atoms. The van der Waals surface area contributed by atoms with Crippen LogP contribution in [0.15, 0.2) is 24.3 Å². The zero-order valence-corrected chi connectivity index (χ0v) is 12.5. The number of carbonyl (C=O) groups excluding carboxylic acids is 1. The molecule has 4 nitrogen and oxygen atoms in total. The van der Waals surface area contributed by atoms with Crippen LogP contribution in [0, 0.1) is 0 Å². The number of benzene rings is 1. The Hall–Kier alpha value is -2.10. The molecule has 0 spiro atoms. The van der Waals surface area contributed by atoms with Crippen molar-refractivity contribution >= 4 is 16.9 Å². The zero-order chi connectivity index (χ0) is 14.9. The molecule has 0 N–H and O–H groups in total. The summed E-state index contributed by atoms with van der Waals surface area (Å²) >= 11 is 0. The number of rotatable bonds is 2. The summed E-state index contributed by atoms with van der Waals surface area (Å²) in [5, 5.41) is 0.896. The number of carbonyl (C=O) groups is 1. The van der Waals surface area contributed by atoms with Gasteiger partial charge in [-0.15, -0.1) is 0 Å². The summed E-state index contributed by atoms with van der Waals surface area (Å²) in [7, 11) is 2.92. The molecule has 1 heterocycles. The fraction of sp³-hybridized carbons (Fsp3) is 0.375. The van der Waals surface area contributed by atoms with Crippen LogP contribution >= 0.6 is 0 Å². The normalized spacial score (nSPS) is 11.4. The second-order valence-electron chi connectivity index (χ2n) is 5.68. The molecule has 2 rings (SSSR count). The van der Waals surface area contributed by atoms with Crippen LogP contribution in [-0.2, 0) is 10.2 Å². The third-order valence-electron chi connectivity index (χ3n) is 3.25. The number of pyridine rings is 1. The smallest absolute Gasteiger partial charge is 0.356 e. The van der Waals surface area contributed by atoms with Crippen LogP contribution in [0.4, 0.5) is 0 Å². The van der Waals surface area contributed by atoms with E-state index in [1.807, 2.05) is 12.1 Å². The Morgan fingerprint density at radius 3 is 2.40 bits per heavy atom. The van der Waals surface area contributed by atoms with Crippen molar-refractivity contribution in [2.45, 2.75) is 26.2 Å². The van der Waals surface area contributed by atoms with Gasteiger partial charge in [0.1, 0.15) is 5.75 Å². The summed E-state index contributed by atoms with van der Waals surface area (Å²) in [6.07, 6.45) is 0. The zero-order valence-electron chi connectivity index (χ0n) is 12.5. The largest absolute Gasteiger partial charge is 0.496 e. The van der Waals surface area contributed by atoms with E-state index in [9.17, 15) is 4.79 Å². The van der Waals surface area contributed by atoms with Crippen molar-refractivity contribution in [2.75, 3.05) is 14.2 Å². The molecule has 0 fully saturated rings. The minimum absolute atomic E-state index is 0.0419. The Morgan fingerprint density at radius 1 is 1.15 bits per heavy atom. The summed E-state index contributed by atoms with van der Waals surface area (Å²) in [5.74, 6) is 0.159. The van der Waals surface area contributed by atoms with Crippen LogP contribution in [0.1, 0.15) is 36.8 Å². The van der Waals surface area contributed by atoms with Crippen molar-refractivity contribution in [3.8, 4) is 5.75 Å². The first-order chi connectivity index (χ1) is 9.36. The molecule has 0 saturated carbocycles. The molecule has 0 amide bonds. The predicted molar refractivity (Wildman–Crippen MR) is 78.3 cm³/mol. The maximum Gasteiger partial charge on any atom is 0.356 e. The maximum atomic E-state index is 11.6. The highest BCUT2D eigenvalue weighted by molar-refractivity contribution is 5.94. The number of methoxy groups -OCH3 is 2. The van der Waals surface area contributed by atoms with E-state index in [1.54, 1.807) is 13.2 Å². The first-order valence-electron chi connectivity index (χ1n) is 6.44. The number of hydrogen-bond acceptors (Lipinski definition) is 4. The van der Waals surface area contributed by atoms with Gasteiger partial charge in [0, 0.05) is 11.5 Å². The number of aromatic nitrogens is 1. The Labute approximate surface area is 118 Å². The minimum Gasteiger partial charge on any atom is -0.496 e. The highest BCUT2D eigenvalue weighted by atomic mass is 16.5. The van der Waals surface area contributed by atoms with Crippen LogP contribution in [0.5, 0.6) is 5.75 Å². The molecule has 1 aromatic heterocycles. The molecule has 0 atom stereocenters. The Kier molecular flexibility index (Phi) is 3.66. The molecular weight excluding hydrogens is 254 g/mol. The molecule has 4 heteroatoms. The van der Waals surface area contributed by atoms with E-state index in [4.69, 9.17) is 9.47 Å². The number of hydrogen-bond donors (Lipinski definition) is 0. The van der Waals surface area contributed by atoms with E-state index >= 15 is 0 Å². The van der Waals surface area contributed by atoms with Crippen LogP contribution in [0.3, 0.4) is 0 Å². The summed E-state index contributed by atoms with van der Waals surface area (Å²) in [5.41, 5.74) is 2.20. The van der Waals surface area contributed by atoms with Crippen molar-refractivity contribution in [1.82, 2.24) is 4.98 Å². The average Bonchev–Trinajstić information content (AvgIpc) is 2.43. The molecule has 2 aromatic rings. The number of nitrogens with zero attached hydrogens (tertiary/aromatic N) is 1. The van der Waals surface area contributed by atoms with Crippen LogP contribution < -0.4 is 4.74 Å². The van der Waals surface area contributed by atoms with E-state index in [0.717, 1.165) is 10.9 Å². The first kappa shape index (κ1) is 14.3. The van der Waals surface area contributed by atoms with Gasteiger partial charge in [0.25, 0.3) is 0 Å². The molecule has 0 aliphatic rings. The van der Waals surface area contributed by atoms with Gasteiger partial charge in [0.05, 0.1) is 19.7 Å². The monoisotopic (exact) mass is 273 g/mol. The van der Waals surface area contributed by atoms with Gasteiger partial charge in [-0.05, 0) is 23.1 Å². The molecule has 106 valence electrons. The van der Waals surface area contributed by atoms with Crippen molar-refractivity contribution < 1.29 is 14.3 Å². The Bertz CT molecular complexity index is 657. The van der Waals surface area contributed by atoms with Crippen molar-refractivity contribution in [2.24, 2.45) is 0 Å². The second kappa shape index (κ2) is 5.12. The van der Waals surface area contributed by atoms with E-state index in [1.165, 1.54) is 12.7 Å². The standard InChI is InChI=1S/C16H19NO3/c1-16(2,3)10-6-7-12-11(8-10)14(19-4)9-13(17-12)15(18)20-5/h6-9H,1-5H3. The summed E-state index contributed by atoms with van der Waals surface area (Å²) < 4.78 is 10.1. The Morgan fingerprint density at radius 2 is 1.85 bits per heavy atom. The molecule has 0 radical (unpaired) electrons. The summed E-state index contributed by atoms with van der Waals surface area (Å²) in [6.45, 7) is 6.45. The third kappa shape index (κ3) is 2.59. The molecule has 0 aliphatic heterocycles.